The summed E-state index contributed by atoms with van der Waals surface area (Å²) in [7, 11) is 1.85. The molecule has 1 heterocycles. The average molecular weight is 291 g/mol. The van der Waals surface area contributed by atoms with Crippen LogP contribution in [0.2, 0.25) is 0 Å². The van der Waals surface area contributed by atoms with E-state index in [1.807, 2.05) is 36.2 Å². The Labute approximate surface area is 127 Å². The summed E-state index contributed by atoms with van der Waals surface area (Å²) in [5, 5.41) is 19.9. The molecule has 0 fully saturated rings. The molecule has 0 unspecified atom stereocenters. The van der Waals surface area contributed by atoms with E-state index in [1.165, 1.54) is 18.5 Å². The molecule has 0 bridgehead atoms. The van der Waals surface area contributed by atoms with E-state index in [0.717, 1.165) is 11.3 Å². The van der Waals surface area contributed by atoms with E-state index in [4.69, 9.17) is 6.42 Å². The summed E-state index contributed by atoms with van der Waals surface area (Å²) in [5.41, 5.74) is 2.17. The Bertz CT molecular complexity index is 900. The Morgan fingerprint density at radius 1 is 1.09 bits per heavy atom. The molecule has 0 aliphatic rings. The summed E-state index contributed by atoms with van der Waals surface area (Å²) in [6.07, 6.45) is 6.84. The molecule has 0 atom stereocenters. The van der Waals surface area contributed by atoms with E-state index in [2.05, 4.69) is 15.9 Å². The number of benzene rings is 2. The van der Waals surface area contributed by atoms with Crippen LogP contribution in [-0.2, 0) is 0 Å². The lowest BCUT2D eigenvalue weighted by atomic mass is 10.1. The number of anilines is 2. The van der Waals surface area contributed by atoms with Crippen LogP contribution in [0.3, 0.4) is 0 Å². The lowest BCUT2D eigenvalue weighted by molar-refractivity contribution is 0.405. The van der Waals surface area contributed by atoms with E-state index in [-0.39, 0.29) is 11.5 Å². The fraction of sp³-hybridized carbons (Fsp3) is 0.0588. The van der Waals surface area contributed by atoms with E-state index in [0.29, 0.717) is 16.7 Å². The molecule has 1 aromatic heterocycles. The van der Waals surface area contributed by atoms with Crippen molar-refractivity contribution in [3.05, 3.63) is 48.3 Å². The van der Waals surface area contributed by atoms with Crippen molar-refractivity contribution in [2.75, 3.05) is 11.9 Å². The van der Waals surface area contributed by atoms with Crippen LogP contribution >= 0.6 is 0 Å². The van der Waals surface area contributed by atoms with Gasteiger partial charge in [0.05, 0.1) is 5.52 Å². The minimum Gasteiger partial charge on any atom is -0.504 e. The minimum absolute atomic E-state index is 0.214. The summed E-state index contributed by atoms with van der Waals surface area (Å²) in [5.74, 6) is 2.77. The van der Waals surface area contributed by atoms with Crippen LogP contribution < -0.4 is 4.90 Å². The number of terminal acetylenes is 1. The molecule has 2 aromatic carbocycles. The molecule has 5 heteroatoms. The maximum Gasteiger partial charge on any atom is 0.159 e. The maximum absolute atomic E-state index is 9.73. The first-order chi connectivity index (χ1) is 10.6. The van der Waals surface area contributed by atoms with Crippen molar-refractivity contribution < 1.29 is 10.2 Å². The standard InChI is InChI=1S/C17H13N3O2/c1-3-11-5-4-6-12(7-11)20(2)17-13-8-15(21)16(22)9-14(13)18-10-19-17/h1,4-10,21-22H,2H3. The van der Waals surface area contributed by atoms with Gasteiger partial charge < -0.3 is 15.1 Å². The normalized spacial score (nSPS) is 10.4. The van der Waals surface area contributed by atoms with Gasteiger partial charge in [0.2, 0.25) is 0 Å². The zero-order valence-electron chi connectivity index (χ0n) is 11.9. The van der Waals surface area contributed by atoms with Crippen LogP contribution in [0.25, 0.3) is 10.9 Å². The van der Waals surface area contributed by atoms with Crippen molar-refractivity contribution >= 4 is 22.4 Å². The van der Waals surface area contributed by atoms with Crippen LogP contribution in [0.5, 0.6) is 11.5 Å². The molecule has 108 valence electrons. The Balaban J connectivity index is 2.17. The highest BCUT2D eigenvalue weighted by Gasteiger charge is 2.13. The smallest absolute Gasteiger partial charge is 0.159 e. The van der Waals surface area contributed by atoms with Crippen molar-refractivity contribution in [2.45, 2.75) is 0 Å². The number of rotatable bonds is 2. The minimum atomic E-state index is -0.214. The van der Waals surface area contributed by atoms with Crippen molar-refractivity contribution in [1.82, 2.24) is 9.97 Å². The Hall–Kier alpha value is -3.26. The maximum atomic E-state index is 9.73. The second-order valence-electron chi connectivity index (χ2n) is 4.81. The second-order valence-corrected chi connectivity index (χ2v) is 4.81. The van der Waals surface area contributed by atoms with Crippen molar-refractivity contribution in [1.29, 1.82) is 0 Å². The van der Waals surface area contributed by atoms with Gasteiger partial charge >= 0.3 is 0 Å². The number of fused-ring (bicyclic) bond motifs is 1. The number of hydrogen-bond acceptors (Lipinski definition) is 5. The molecule has 3 rings (SSSR count). The first-order valence-corrected chi connectivity index (χ1v) is 6.57. The summed E-state index contributed by atoms with van der Waals surface area (Å²) in [4.78, 5) is 10.2. The van der Waals surface area contributed by atoms with Gasteiger partial charge in [-0.25, -0.2) is 9.97 Å². The van der Waals surface area contributed by atoms with Crippen LogP contribution in [-0.4, -0.2) is 27.2 Å². The number of nitrogens with zero attached hydrogens (tertiary/aromatic N) is 3. The highest BCUT2D eigenvalue weighted by Crippen LogP contribution is 2.34. The summed E-state index contributed by atoms with van der Waals surface area (Å²) in [6.45, 7) is 0. The molecular weight excluding hydrogens is 278 g/mol. The number of aromatic hydroxyl groups is 2. The quantitative estimate of drug-likeness (QED) is 0.561. The molecule has 22 heavy (non-hydrogen) atoms. The fourth-order valence-electron chi connectivity index (χ4n) is 2.26. The van der Waals surface area contributed by atoms with E-state index >= 15 is 0 Å². The third-order valence-electron chi connectivity index (χ3n) is 3.43. The average Bonchev–Trinajstić information content (AvgIpc) is 2.55. The molecule has 0 saturated heterocycles. The van der Waals surface area contributed by atoms with Crippen LogP contribution in [0, 0.1) is 12.3 Å². The third-order valence-corrected chi connectivity index (χ3v) is 3.43. The Morgan fingerprint density at radius 3 is 2.64 bits per heavy atom. The topological polar surface area (TPSA) is 69.5 Å². The van der Waals surface area contributed by atoms with Crippen molar-refractivity contribution in [2.24, 2.45) is 0 Å². The molecule has 0 aliphatic heterocycles. The number of aromatic nitrogens is 2. The van der Waals surface area contributed by atoms with Gasteiger partial charge in [-0.15, -0.1) is 6.42 Å². The largest absolute Gasteiger partial charge is 0.504 e. The lowest BCUT2D eigenvalue weighted by Crippen LogP contribution is -2.12. The predicted molar refractivity (Wildman–Crippen MR) is 85.3 cm³/mol. The van der Waals surface area contributed by atoms with Gasteiger partial charge in [0.15, 0.2) is 11.5 Å². The van der Waals surface area contributed by atoms with Gasteiger partial charge in [0.1, 0.15) is 12.1 Å². The molecular formula is C17H13N3O2. The lowest BCUT2D eigenvalue weighted by Gasteiger charge is -2.20. The van der Waals surface area contributed by atoms with E-state index in [9.17, 15) is 10.2 Å². The first-order valence-electron chi connectivity index (χ1n) is 6.57. The Kier molecular flexibility index (Phi) is 3.28. The predicted octanol–water partition coefficient (Wildman–Crippen LogP) is 2.79. The van der Waals surface area contributed by atoms with Crippen molar-refractivity contribution in [3.8, 4) is 23.8 Å². The van der Waals surface area contributed by atoms with Gasteiger partial charge in [-0.1, -0.05) is 12.0 Å². The fourth-order valence-corrected chi connectivity index (χ4v) is 2.26. The molecule has 0 aliphatic carbocycles. The molecule has 0 saturated carbocycles. The molecule has 0 spiro atoms. The van der Waals surface area contributed by atoms with Crippen LogP contribution in [0.15, 0.2) is 42.7 Å². The van der Waals surface area contributed by atoms with Gasteiger partial charge in [0, 0.05) is 29.8 Å². The molecule has 5 nitrogen and oxygen atoms in total. The van der Waals surface area contributed by atoms with Crippen LogP contribution in [0.4, 0.5) is 11.5 Å². The monoisotopic (exact) mass is 291 g/mol. The highest BCUT2D eigenvalue weighted by molar-refractivity contribution is 5.93. The second kappa shape index (κ2) is 5.26. The van der Waals surface area contributed by atoms with Gasteiger partial charge in [0.25, 0.3) is 0 Å². The van der Waals surface area contributed by atoms with Crippen LogP contribution in [0.1, 0.15) is 5.56 Å². The number of hydrogen-bond donors (Lipinski definition) is 2. The van der Waals surface area contributed by atoms with E-state index < -0.39 is 0 Å². The summed E-state index contributed by atoms with van der Waals surface area (Å²) in [6, 6.07) is 10.3. The zero-order chi connectivity index (χ0) is 15.7. The van der Waals surface area contributed by atoms with Gasteiger partial charge in [-0.2, -0.15) is 0 Å². The highest BCUT2D eigenvalue weighted by atomic mass is 16.3. The third kappa shape index (κ3) is 2.27. The molecule has 0 amide bonds. The SMILES string of the molecule is C#Cc1cccc(N(C)c2ncnc3cc(O)c(O)cc23)c1. The molecule has 0 radical (unpaired) electrons. The Morgan fingerprint density at radius 2 is 1.86 bits per heavy atom. The summed E-state index contributed by atoms with van der Waals surface area (Å²) >= 11 is 0. The molecule has 2 N–H and O–H groups in total. The van der Waals surface area contributed by atoms with Gasteiger partial charge in [-0.05, 0) is 24.3 Å². The zero-order valence-corrected chi connectivity index (χ0v) is 11.9. The first kappa shape index (κ1) is 13.7. The number of phenolic OH excluding ortho intramolecular Hbond substituents is 2. The van der Waals surface area contributed by atoms with Crippen molar-refractivity contribution in [3.63, 3.8) is 0 Å². The molecule has 3 aromatic rings. The number of phenols is 2. The van der Waals surface area contributed by atoms with E-state index in [1.54, 1.807) is 0 Å². The summed E-state index contributed by atoms with van der Waals surface area (Å²) < 4.78 is 0. The van der Waals surface area contributed by atoms with Gasteiger partial charge in [-0.3, -0.25) is 0 Å².